The summed E-state index contributed by atoms with van der Waals surface area (Å²) in [6.45, 7) is 0. The first-order chi connectivity index (χ1) is 14.1. The third-order valence-electron chi connectivity index (χ3n) is 5.53. The van der Waals surface area contributed by atoms with Gasteiger partial charge >= 0.3 is 5.72 Å². The van der Waals surface area contributed by atoms with E-state index < -0.39 is 5.72 Å². The molecule has 0 saturated carbocycles. The van der Waals surface area contributed by atoms with E-state index >= 15 is 0 Å². The second-order valence-corrected chi connectivity index (χ2v) is 10.5. The monoisotopic (exact) mass is 529 g/mol. The fourth-order valence-electron chi connectivity index (χ4n) is 4.28. The standard InChI is InChI=1S/C21H13Br2N3O2S/c22-11-5-6-14-13(9-11)21(20(27)24-14)26-16(12-3-1-2-4-17(12)28-21)10-15(25-26)18-7-8-19(23)29-18/h1-9,16H,10H2,(H,24,27)/t16-,21+/m1/s1. The SMILES string of the molecule is O=C1Nc2ccc(Br)cc2[C@]12Oc1ccccc1[C@H]1CC(c3ccc(Br)s3)=NN12. The molecular formula is C21H13Br2N3O2S. The van der Waals surface area contributed by atoms with E-state index in [0.29, 0.717) is 6.42 Å². The van der Waals surface area contributed by atoms with E-state index in [1.807, 2.05) is 47.5 Å². The summed E-state index contributed by atoms with van der Waals surface area (Å²) in [5.41, 5.74) is 2.20. The number of benzene rings is 2. The summed E-state index contributed by atoms with van der Waals surface area (Å²) >= 11 is 8.72. The highest BCUT2D eigenvalue weighted by Gasteiger charge is 2.60. The Morgan fingerprint density at radius 1 is 1.17 bits per heavy atom. The number of halogens is 2. The molecule has 3 aliphatic rings. The zero-order valence-corrected chi connectivity index (χ0v) is 18.8. The molecule has 1 aromatic heterocycles. The van der Waals surface area contributed by atoms with Crippen LogP contribution in [0.1, 0.15) is 28.5 Å². The summed E-state index contributed by atoms with van der Waals surface area (Å²) in [5.74, 6) is 0.503. The average molecular weight is 531 g/mol. The van der Waals surface area contributed by atoms with E-state index in [9.17, 15) is 4.79 Å². The van der Waals surface area contributed by atoms with Gasteiger partial charge in [0.2, 0.25) is 0 Å². The van der Waals surface area contributed by atoms with Crippen molar-refractivity contribution >= 4 is 60.5 Å². The molecule has 3 aromatic rings. The van der Waals surface area contributed by atoms with Gasteiger partial charge in [0.1, 0.15) is 5.75 Å². The molecule has 0 saturated heterocycles. The third-order valence-corrected chi connectivity index (χ3v) is 7.69. The summed E-state index contributed by atoms with van der Waals surface area (Å²) < 4.78 is 8.40. The molecule has 1 amide bonds. The highest BCUT2D eigenvalue weighted by atomic mass is 79.9. The maximum atomic E-state index is 13.4. The van der Waals surface area contributed by atoms with Gasteiger partial charge in [-0.2, -0.15) is 5.10 Å². The Bertz CT molecular complexity index is 1220. The molecule has 0 bridgehead atoms. The van der Waals surface area contributed by atoms with Crippen molar-refractivity contribution in [3.8, 4) is 5.75 Å². The van der Waals surface area contributed by atoms with Crippen molar-refractivity contribution in [3.63, 3.8) is 0 Å². The van der Waals surface area contributed by atoms with Gasteiger partial charge in [0.15, 0.2) is 0 Å². The van der Waals surface area contributed by atoms with Gasteiger partial charge < -0.3 is 10.1 Å². The number of hydrazone groups is 1. The number of amides is 1. The van der Waals surface area contributed by atoms with Gasteiger partial charge in [0.25, 0.3) is 5.91 Å². The van der Waals surface area contributed by atoms with E-state index in [4.69, 9.17) is 9.84 Å². The van der Waals surface area contributed by atoms with E-state index in [-0.39, 0.29) is 11.9 Å². The molecular weight excluding hydrogens is 518 g/mol. The molecule has 6 rings (SSSR count). The second kappa shape index (κ2) is 6.17. The van der Waals surface area contributed by atoms with Crippen molar-refractivity contribution in [3.05, 3.63) is 78.9 Å². The second-order valence-electron chi connectivity index (χ2n) is 7.14. The number of rotatable bonds is 1. The van der Waals surface area contributed by atoms with E-state index in [1.54, 1.807) is 11.3 Å². The number of para-hydroxylation sites is 1. The smallest absolute Gasteiger partial charge is 0.306 e. The predicted octanol–water partition coefficient (Wildman–Crippen LogP) is 5.62. The number of carbonyl (C=O) groups is 1. The van der Waals surface area contributed by atoms with Gasteiger partial charge in [-0.25, -0.2) is 5.01 Å². The molecule has 3 aliphatic heterocycles. The summed E-state index contributed by atoms with van der Waals surface area (Å²) in [4.78, 5) is 14.4. The molecule has 8 heteroatoms. The number of nitrogens with one attached hydrogen (secondary N) is 1. The fourth-order valence-corrected chi connectivity index (χ4v) is 6.02. The first kappa shape index (κ1) is 17.7. The highest BCUT2D eigenvalue weighted by Crippen LogP contribution is 2.54. The van der Waals surface area contributed by atoms with Crippen molar-refractivity contribution in [1.29, 1.82) is 0 Å². The van der Waals surface area contributed by atoms with Crippen LogP contribution < -0.4 is 10.1 Å². The van der Waals surface area contributed by atoms with Crippen molar-refractivity contribution < 1.29 is 9.53 Å². The Morgan fingerprint density at radius 3 is 2.86 bits per heavy atom. The van der Waals surface area contributed by atoms with Gasteiger partial charge in [-0.15, -0.1) is 11.3 Å². The number of fused-ring (bicyclic) bond motifs is 6. The van der Waals surface area contributed by atoms with Crippen LogP contribution in [0.15, 0.2) is 68.0 Å². The largest absolute Gasteiger partial charge is 0.453 e. The molecule has 0 unspecified atom stereocenters. The Kier molecular flexibility index (Phi) is 3.76. The molecule has 1 N–H and O–H groups in total. The lowest BCUT2D eigenvalue weighted by Crippen LogP contribution is -2.55. The molecule has 0 radical (unpaired) electrons. The molecule has 4 heterocycles. The van der Waals surface area contributed by atoms with Gasteiger partial charge in [-0.05, 0) is 52.3 Å². The van der Waals surface area contributed by atoms with E-state index in [0.717, 1.165) is 41.4 Å². The van der Waals surface area contributed by atoms with Gasteiger partial charge in [-0.1, -0.05) is 34.1 Å². The Balaban J connectivity index is 1.59. The topological polar surface area (TPSA) is 53.9 Å². The minimum absolute atomic E-state index is 0.0773. The number of anilines is 1. The molecule has 1 spiro atoms. The summed E-state index contributed by atoms with van der Waals surface area (Å²) in [6, 6.07) is 17.7. The maximum absolute atomic E-state index is 13.4. The minimum atomic E-state index is -1.33. The fraction of sp³-hybridized carbons (Fsp3) is 0.143. The van der Waals surface area contributed by atoms with Crippen LogP contribution in [0.4, 0.5) is 5.69 Å². The molecule has 2 aromatic carbocycles. The van der Waals surface area contributed by atoms with Crippen molar-refractivity contribution in [2.75, 3.05) is 5.32 Å². The van der Waals surface area contributed by atoms with Crippen LogP contribution in [-0.4, -0.2) is 16.6 Å². The summed E-state index contributed by atoms with van der Waals surface area (Å²) in [5, 5.41) is 9.78. The number of hydrogen-bond donors (Lipinski definition) is 1. The maximum Gasteiger partial charge on any atom is 0.306 e. The zero-order chi connectivity index (χ0) is 19.8. The third kappa shape index (κ3) is 2.42. The normalized spacial score (nSPS) is 23.9. The molecule has 0 fully saturated rings. The zero-order valence-electron chi connectivity index (χ0n) is 14.9. The van der Waals surface area contributed by atoms with Gasteiger partial charge in [0, 0.05) is 16.5 Å². The number of hydrogen-bond acceptors (Lipinski definition) is 5. The minimum Gasteiger partial charge on any atom is -0.453 e. The molecule has 5 nitrogen and oxygen atoms in total. The number of thiophene rings is 1. The first-order valence-corrected chi connectivity index (χ1v) is 11.5. The lowest BCUT2D eigenvalue weighted by molar-refractivity contribution is -0.161. The van der Waals surface area contributed by atoms with Crippen LogP contribution in [0, 0.1) is 0 Å². The van der Waals surface area contributed by atoms with Crippen LogP contribution in [0.25, 0.3) is 0 Å². The summed E-state index contributed by atoms with van der Waals surface area (Å²) in [6.07, 6.45) is 0.714. The van der Waals surface area contributed by atoms with E-state index in [1.165, 1.54) is 0 Å². The molecule has 29 heavy (non-hydrogen) atoms. The number of ether oxygens (including phenoxy) is 1. The Morgan fingerprint density at radius 2 is 2.03 bits per heavy atom. The van der Waals surface area contributed by atoms with Crippen molar-refractivity contribution in [1.82, 2.24) is 5.01 Å². The lowest BCUT2D eigenvalue weighted by Gasteiger charge is -2.44. The predicted molar refractivity (Wildman–Crippen MR) is 119 cm³/mol. The van der Waals surface area contributed by atoms with Crippen LogP contribution in [-0.2, 0) is 10.5 Å². The van der Waals surface area contributed by atoms with Crippen molar-refractivity contribution in [2.45, 2.75) is 18.2 Å². The van der Waals surface area contributed by atoms with Gasteiger partial charge in [0.05, 0.1) is 31.7 Å². The molecule has 144 valence electrons. The van der Waals surface area contributed by atoms with E-state index in [2.05, 4.69) is 49.3 Å². The number of carbonyl (C=O) groups excluding carboxylic acids is 1. The lowest BCUT2D eigenvalue weighted by atomic mass is 9.93. The quantitative estimate of drug-likeness (QED) is 0.444. The van der Waals surface area contributed by atoms with Crippen LogP contribution in [0.3, 0.4) is 0 Å². The highest BCUT2D eigenvalue weighted by molar-refractivity contribution is 9.11. The van der Waals surface area contributed by atoms with Crippen molar-refractivity contribution in [2.24, 2.45) is 5.10 Å². The Hall–Kier alpha value is -2.16. The van der Waals surface area contributed by atoms with Crippen LogP contribution >= 0.6 is 43.2 Å². The number of nitrogens with zero attached hydrogens (tertiary/aromatic N) is 2. The molecule has 2 atom stereocenters. The van der Waals surface area contributed by atoms with Gasteiger partial charge in [-0.3, -0.25) is 4.79 Å². The average Bonchev–Trinajstić information content (AvgIpc) is 3.40. The molecule has 0 aliphatic carbocycles. The summed E-state index contributed by atoms with van der Waals surface area (Å²) in [7, 11) is 0. The van der Waals surface area contributed by atoms with Crippen LogP contribution in [0.2, 0.25) is 0 Å². The first-order valence-electron chi connectivity index (χ1n) is 9.08. The Labute approximate surface area is 187 Å². The van der Waals surface area contributed by atoms with Crippen LogP contribution in [0.5, 0.6) is 5.75 Å².